The maximum absolute atomic E-state index is 11.2. The lowest BCUT2D eigenvalue weighted by Gasteiger charge is -2.07. The van der Waals surface area contributed by atoms with Gasteiger partial charge < -0.3 is 15.5 Å². The van der Waals surface area contributed by atoms with Gasteiger partial charge in [0.15, 0.2) is 0 Å². The number of halogens is 1. The molecule has 2 aromatic heterocycles. The van der Waals surface area contributed by atoms with Gasteiger partial charge in [-0.1, -0.05) is 11.6 Å². The second kappa shape index (κ2) is 5.69. The van der Waals surface area contributed by atoms with Crippen molar-refractivity contribution in [1.29, 1.82) is 0 Å². The van der Waals surface area contributed by atoms with Crippen molar-refractivity contribution < 1.29 is 4.79 Å². The van der Waals surface area contributed by atoms with Crippen LogP contribution in [0.2, 0.25) is 5.02 Å². The number of hydrogen-bond donors (Lipinski definition) is 2. The number of imidazole rings is 1. The molecular formula is C16H15ClN4O. The van der Waals surface area contributed by atoms with E-state index in [0.717, 1.165) is 22.6 Å². The SMILES string of the molecule is Cc1cc(NCc2cn3cc(Cl)ccc3n2)ccc1C(N)=O. The molecule has 1 amide bonds. The molecule has 2 heterocycles. The van der Waals surface area contributed by atoms with Crippen LogP contribution in [-0.4, -0.2) is 15.3 Å². The molecule has 5 nitrogen and oxygen atoms in total. The predicted molar refractivity (Wildman–Crippen MR) is 87.2 cm³/mol. The minimum absolute atomic E-state index is 0.415. The van der Waals surface area contributed by atoms with Gasteiger partial charge in [0.1, 0.15) is 5.65 Å². The van der Waals surface area contributed by atoms with Crippen LogP contribution >= 0.6 is 11.6 Å². The van der Waals surface area contributed by atoms with Crippen LogP contribution in [0.4, 0.5) is 5.69 Å². The number of nitrogens with one attached hydrogen (secondary N) is 1. The van der Waals surface area contributed by atoms with Crippen molar-refractivity contribution in [3.63, 3.8) is 0 Å². The number of benzene rings is 1. The Kier molecular flexibility index (Phi) is 3.73. The van der Waals surface area contributed by atoms with E-state index in [4.69, 9.17) is 17.3 Å². The number of nitrogens with zero attached hydrogens (tertiary/aromatic N) is 2. The Morgan fingerprint density at radius 2 is 2.14 bits per heavy atom. The van der Waals surface area contributed by atoms with Crippen LogP contribution < -0.4 is 11.1 Å². The van der Waals surface area contributed by atoms with E-state index in [0.29, 0.717) is 17.1 Å². The third kappa shape index (κ3) is 2.89. The number of anilines is 1. The van der Waals surface area contributed by atoms with E-state index in [1.165, 1.54) is 0 Å². The molecule has 0 atom stereocenters. The van der Waals surface area contributed by atoms with Gasteiger partial charge in [0.2, 0.25) is 5.91 Å². The minimum atomic E-state index is -0.415. The van der Waals surface area contributed by atoms with E-state index < -0.39 is 5.91 Å². The molecule has 6 heteroatoms. The molecule has 0 saturated heterocycles. The lowest BCUT2D eigenvalue weighted by Crippen LogP contribution is -2.12. The Morgan fingerprint density at radius 3 is 2.86 bits per heavy atom. The highest BCUT2D eigenvalue weighted by molar-refractivity contribution is 6.30. The number of fused-ring (bicyclic) bond motifs is 1. The van der Waals surface area contributed by atoms with Crippen LogP contribution in [0, 0.1) is 6.92 Å². The standard InChI is InChI=1S/C16H15ClN4O/c1-10-6-12(3-4-14(10)16(18)22)19-7-13-9-21-8-11(17)2-5-15(21)20-13/h2-6,8-9,19H,7H2,1H3,(H2,18,22). The number of aromatic nitrogens is 2. The molecule has 0 fully saturated rings. The van der Waals surface area contributed by atoms with Gasteiger partial charge >= 0.3 is 0 Å². The lowest BCUT2D eigenvalue weighted by molar-refractivity contribution is 0.1000. The predicted octanol–water partition coefficient (Wildman–Crippen LogP) is 3.01. The monoisotopic (exact) mass is 314 g/mol. The van der Waals surface area contributed by atoms with E-state index in [9.17, 15) is 4.79 Å². The first kappa shape index (κ1) is 14.4. The zero-order valence-corrected chi connectivity index (χ0v) is 12.8. The Bertz CT molecular complexity index is 856. The number of primary amides is 1. The summed E-state index contributed by atoms with van der Waals surface area (Å²) in [6.07, 6.45) is 3.75. The zero-order valence-electron chi connectivity index (χ0n) is 12.0. The van der Waals surface area contributed by atoms with Crippen LogP contribution in [0.25, 0.3) is 5.65 Å². The summed E-state index contributed by atoms with van der Waals surface area (Å²) in [7, 11) is 0. The zero-order chi connectivity index (χ0) is 15.7. The largest absolute Gasteiger partial charge is 0.379 e. The molecule has 0 aliphatic carbocycles. The summed E-state index contributed by atoms with van der Waals surface area (Å²) in [6, 6.07) is 9.14. The van der Waals surface area contributed by atoms with Gasteiger partial charge in [-0.3, -0.25) is 4.79 Å². The van der Waals surface area contributed by atoms with Crippen molar-refractivity contribution in [3.8, 4) is 0 Å². The third-order valence-corrected chi connectivity index (χ3v) is 3.65. The fourth-order valence-electron chi connectivity index (χ4n) is 2.35. The summed E-state index contributed by atoms with van der Waals surface area (Å²) in [5.41, 5.74) is 9.35. The normalized spacial score (nSPS) is 10.8. The summed E-state index contributed by atoms with van der Waals surface area (Å²) < 4.78 is 1.89. The molecule has 1 aromatic carbocycles. The van der Waals surface area contributed by atoms with Gasteiger partial charge in [0.05, 0.1) is 17.3 Å². The Balaban J connectivity index is 1.76. The van der Waals surface area contributed by atoms with Crippen molar-refractivity contribution in [2.24, 2.45) is 5.73 Å². The van der Waals surface area contributed by atoms with Gasteiger partial charge in [0.25, 0.3) is 0 Å². The minimum Gasteiger partial charge on any atom is -0.379 e. The molecule has 112 valence electrons. The van der Waals surface area contributed by atoms with E-state index in [2.05, 4.69) is 10.3 Å². The summed E-state index contributed by atoms with van der Waals surface area (Å²) >= 11 is 5.96. The molecule has 3 rings (SSSR count). The molecule has 0 bridgehead atoms. The number of rotatable bonds is 4. The summed E-state index contributed by atoms with van der Waals surface area (Å²) in [4.78, 5) is 15.7. The molecule has 0 aliphatic heterocycles. The first-order chi connectivity index (χ1) is 10.5. The van der Waals surface area contributed by atoms with Crippen molar-refractivity contribution in [1.82, 2.24) is 9.38 Å². The number of nitrogens with two attached hydrogens (primary N) is 1. The molecule has 22 heavy (non-hydrogen) atoms. The second-order valence-corrected chi connectivity index (χ2v) is 5.53. The molecule has 0 spiro atoms. The summed E-state index contributed by atoms with van der Waals surface area (Å²) in [6.45, 7) is 2.44. The number of pyridine rings is 1. The van der Waals surface area contributed by atoms with Crippen LogP contribution in [0.1, 0.15) is 21.6 Å². The topological polar surface area (TPSA) is 72.4 Å². The molecule has 3 aromatic rings. The number of carbonyl (C=O) groups is 1. The highest BCUT2D eigenvalue weighted by Gasteiger charge is 2.06. The molecule has 0 saturated carbocycles. The quantitative estimate of drug-likeness (QED) is 0.777. The van der Waals surface area contributed by atoms with Crippen molar-refractivity contribution in [3.05, 3.63) is 64.6 Å². The van der Waals surface area contributed by atoms with E-state index in [-0.39, 0.29) is 0 Å². The molecular weight excluding hydrogens is 300 g/mol. The maximum Gasteiger partial charge on any atom is 0.248 e. The summed E-state index contributed by atoms with van der Waals surface area (Å²) in [5.74, 6) is -0.415. The van der Waals surface area contributed by atoms with Gasteiger partial charge in [-0.25, -0.2) is 4.98 Å². The Hall–Kier alpha value is -2.53. The smallest absolute Gasteiger partial charge is 0.248 e. The van der Waals surface area contributed by atoms with E-state index in [1.54, 1.807) is 6.07 Å². The molecule has 0 radical (unpaired) electrons. The third-order valence-electron chi connectivity index (χ3n) is 3.43. The number of carbonyl (C=O) groups excluding carboxylic acids is 1. The van der Waals surface area contributed by atoms with Crippen molar-refractivity contribution in [2.45, 2.75) is 13.5 Å². The average Bonchev–Trinajstić information content (AvgIpc) is 2.86. The van der Waals surface area contributed by atoms with Crippen molar-refractivity contribution >= 4 is 28.8 Å². The molecule has 0 aliphatic rings. The summed E-state index contributed by atoms with van der Waals surface area (Å²) in [5, 5.41) is 3.95. The first-order valence-corrected chi connectivity index (χ1v) is 7.18. The number of amides is 1. The van der Waals surface area contributed by atoms with Gasteiger partial charge in [0, 0.05) is 23.6 Å². The molecule has 0 unspecified atom stereocenters. The number of aryl methyl sites for hydroxylation is 1. The second-order valence-electron chi connectivity index (χ2n) is 5.09. The first-order valence-electron chi connectivity index (χ1n) is 6.80. The van der Waals surface area contributed by atoms with Gasteiger partial charge in [-0.15, -0.1) is 0 Å². The van der Waals surface area contributed by atoms with Gasteiger partial charge in [-0.05, 0) is 42.8 Å². The highest BCUT2D eigenvalue weighted by Crippen LogP contribution is 2.16. The average molecular weight is 315 g/mol. The number of hydrogen-bond acceptors (Lipinski definition) is 3. The van der Waals surface area contributed by atoms with Crippen molar-refractivity contribution in [2.75, 3.05) is 5.32 Å². The van der Waals surface area contributed by atoms with E-state index >= 15 is 0 Å². The fourth-order valence-corrected chi connectivity index (χ4v) is 2.51. The van der Waals surface area contributed by atoms with Crippen LogP contribution in [0.15, 0.2) is 42.7 Å². The molecule has 3 N–H and O–H groups in total. The maximum atomic E-state index is 11.2. The Morgan fingerprint density at radius 1 is 1.32 bits per heavy atom. The lowest BCUT2D eigenvalue weighted by atomic mass is 10.1. The van der Waals surface area contributed by atoms with Gasteiger partial charge in [-0.2, -0.15) is 0 Å². The van der Waals surface area contributed by atoms with Crippen LogP contribution in [0.5, 0.6) is 0 Å². The highest BCUT2D eigenvalue weighted by atomic mass is 35.5. The van der Waals surface area contributed by atoms with Crippen LogP contribution in [-0.2, 0) is 6.54 Å². The fraction of sp³-hybridized carbons (Fsp3) is 0.125. The van der Waals surface area contributed by atoms with E-state index in [1.807, 2.05) is 48.0 Å². The Labute approximate surface area is 132 Å². The van der Waals surface area contributed by atoms with Crippen LogP contribution in [0.3, 0.4) is 0 Å².